The second kappa shape index (κ2) is 8.76. The number of phenols is 1. The van der Waals surface area contributed by atoms with Crippen LogP contribution in [0.3, 0.4) is 0 Å². The summed E-state index contributed by atoms with van der Waals surface area (Å²) in [5.74, 6) is 0.808. The number of carbonyl (C=O) groups excluding carboxylic acids is 1. The van der Waals surface area contributed by atoms with Crippen LogP contribution in [0.2, 0.25) is 0 Å². The van der Waals surface area contributed by atoms with Crippen molar-refractivity contribution in [1.29, 1.82) is 0 Å². The Morgan fingerprint density at radius 1 is 1.38 bits per heavy atom. The van der Waals surface area contributed by atoms with Gasteiger partial charge in [-0.25, -0.2) is 0 Å². The molecule has 0 saturated heterocycles. The molecule has 5 nitrogen and oxygen atoms in total. The van der Waals surface area contributed by atoms with Crippen LogP contribution < -0.4 is 4.74 Å². The van der Waals surface area contributed by atoms with Crippen molar-refractivity contribution in [1.82, 2.24) is 0 Å². The summed E-state index contributed by atoms with van der Waals surface area (Å²) in [5, 5.41) is 10.5. The summed E-state index contributed by atoms with van der Waals surface area (Å²) in [6.07, 6.45) is 8.08. The zero-order chi connectivity index (χ0) is 21.8. The molecule has 0 radical (unpaired) electrons. The Hall–Kier alpha value is -2.69. The Morgan fingerprint density at radius 3 is 2.69 bits per heavy atom. The number of ether oxygens (including phenoxy) is 1. The lowest BCUT2D eigenvalue weighted by Crippen LogP contribution is -2.29. The number of benzene rings is 1. The normalized spacial score (nSPS) is 17.1. The molecule has 1 aliphatic heterocycles. The summed E-state index contributed by atoms with van der Waals surface area (Å²) in [4.78, 5) is 21.7. The number of ketones is 1. The Labute approximate surface area is 175 Å². The summed E-state index contributed by atoms with van der Waals surface area (Å²) < 4.78 is 5.88. The first-order valence-electron chi connectivity index (χ1n) is 9.87. The lowest BCUT2D eigenvalue weighted by Gasteiger charge is -2.25. The Morgan fingerprint density at radius 2 is 2.07 bits per heavy atom. The summed E-state index contributed by atoms with van der Waals surface area (Å²) in [5.41, 5.74) is 1.86. The monoisotopic (exact) mass is 398 g/mol. The molecule has 0 unspecified atom stereocenters. The minimum Gasteiger partial charge on any atom is -0.508 e. The largest absolute Gasteiger partial charge is 0.508 e. The molecule has 1 heterocycles. The van der Waals surface area contributed by atoms with Crippen LogP contribution in [0.5, 0.6) is 11.5 Å². The predicted molar refractivity (Wildman–Crippen MR) is 122 cm³/mol. The van der Waals surface area contributed by atoms with Crippen molar-refractivity contribution >= 4 is 18.2 Å². The van der Waals surface area contributed by atoms with Crippen molar-refractivity contribution in [3.8, 4) is 11.5 Å². The average molecular weight is 399 g/mol. The molecule has 158 valence electrons. The molecule has 0 saturated carbocycles. The number of hydrogen-bond acceptors (Lipinski definition) is 5. The third-order valence-corrected chi connectivity index (χ3v) is 4.95. The van der Waals surface area contributed by atoms with E-state index in [2.05, 4.69) is 9.98 Å². The highest BCUT2D eigenvalue weighted by atomic mass is 16.5. The van der Waals surface area contributed by atoms with Gasteiger partial charge in [0, 0.05) is 44.5 Å². The molecule has 1 aromatic carbocycles. The molecule has 1 N–H and O–H groups in total. The SMILES string of the molecule is C\C=C/C=N\C(C)=C(\C=NC)C(=O)C(C)(C)Cc1cc2c(cc1O)OC(C)(C)C2.[HH]. The molecule has 0 bridgehead atoms. The average Bonchev–Trinajstić information content (AvgIpc) is 2.92. The third kappa shape index (κ3) is 5.43. The lowest BCUT2D eigenvalue weighted by atomic mass is 9.78. The molecule has 1 aliphatic rings. The van der Waals surface area contributed by atoms with Crippen molar-refractivity contribution < 1.29 is 16.1 Å². The smallest absolute Gasteiger partial charge is 0.172 e. The van der Waals surface area contributed by atoms with Crippen molar-refractivity contribution in [2.75, 3.05) is 7.05 Å². The van der Waals surface area contributed by atoms with Crippen molar-refractivity contribution in [3.05, 3.63) is 46.7 Å². The van der Waals surface area contributed by atoms with Crippen molar-refractivity contribution in [3.63, 3.8) is 0 Å². The van der Waals surface area contributed by atoms with Gasteiger partial charge in [-0.05, 0) is 57.4 Å². The van der Waals surface area contributed by atoms with Gasteiger partial charge in [0.1, 0.15) is 17.1 Å². The molecule has 5 heteroatoms. The maximum Gasteiger partial charge on any atom is 0.172 e. The van der Waals surface area contributed by atoms with E-state index in [9.17, 15) is 9.90 Å². The Bertz CT molecular complexity index is 909. The van der Waals surface area contributed by atoms with E-state index in [1.165, 1.54) is 0 Å². The number of fused-ring (bicyclic) bond motifs is 1. The molecule has 0 amide bonds. The van der Waals surface area contributed by atoms with Gasteiger partial charge in [-0.3, -0.25) is 14.8 Å². The van der Waals surface area contributed by atoms with E-state index in [1.807, 2.05) is 52.8 Å². The van der Waals surface area contributed by atoms with E-state index >= 15 is 0 Å². The summed E-state index contributed by atoms with van der Waals surface area (Å²) in [6, 6.07) is 3.62. The molecule has 2 rings (SSSR count). The molecule has 1 aromatic rings. The molecule has 0 fully saturated rings. The number of rotatable bonds is 7. The van der Waals surface area contributed by atoms with E-state index < -0.39 is 5.41 Å². The highest BCUT2D eigenvalue weighted by molar-refractivity contribution is 6.16. The van der Waals surface area contributed by atoms with E-state index in [-0.39, 0.29) is 18.6 Å². The second-order valence-electron chi connectivity index (χ2n) is 8.71. The number of aromatic hydroxyl groups is 1. The van der Waals surface area contributed by atoms with Gasteiger partial charge in [0.2, 0.25) is 0 Å². The number of Topliss-reactive ketones (excluding diaryl/α,β-unsaturated/α-hetero) is 1. The van der Waals surface area contributed by atoms with Gasteiger partial charge < -0.3 is 9.84 Å². The van der Waals surface area contributed by atoms with Gasteiger partial charge in [-0.15, -0.1) is 0 Å². The fourth-order valence-corrected chi connectivity index (χ4v) is 3.51. The predicted octanol–water partition coefficient (Wildman–Crippen LogP) is 5.11. The van der Waals surface area contributed by atoms with Crippen LogP contribution in [-0.2, 0) is 17.6 Å². The van der Waals surface area contributed by atoms with Gasteiger partial charge in [0.05, 0.1) is 5.57 Å². The van der Waals surface area contributed by atoms with Crippen molar-refractivity contribution in [2.45, 2.75) is 60.0 Å². The van der Waals surface area contributed by atoms with Gasteiger partial charge in [0.15, 0.2) is 5.78 Å². The van der Waals surface area contributed by atoms with Crippen LogP contribution >= 0.6 is 0 Å². The zero-order valence-corrected chi connectivity index (χ0v) is 18.5. The maximum atomic E-state index is 13.3. The Balaban J connectivity index is 0.00000450. The van der Waals surface area contributed by atoms with Crippen LogP contribution in [0.25, 0.3) is 0 Å². The molecule has 0 spiro atoms. The standard InChI is InChI=1S/C24H32N2O3.H2/c1-8-9-10-26-16(2)19(15-25-7)22(28)23(3,4)13-17-11-18-14-24(5,6)29-21(18)12-20(17)27;/h8-12,15,27H,13-14H2,1-7H3;1H/b9-8-,19-16-,25-15?,26-10-;. The van der Waals surface area contributed by atoms with Crippen LogP contribution in [0.1, 0.15) is 54.1 Å². The lowest BCUT2D eigenvalue weighted by molar-refractivity contribution is -0.122. The highest BCUT2D eigenvalue weighted by Gasteiger charge is 2.34. The van der Waals surface area contributed by atoms with Crippen LogP contribution in [-0.4, -0.2) is 36.0 Å². The fourth-order valence-electron chi connectivity index (χ4n) is 3.51. The number of allylic oxidation sites excluding steroid dienone is 4. The van der Waals surface area contributed by atoms with E-state index in [4.69, 9.17) is 4.74 Å². The molecular weight excluding hydrogens is 364 g/mol. The molecule has 0 atom stereocenters. The summed E-state index contributed by atoms with van der Waals surface area (Å²) in [7, 11) is 1.64. The first kappa shape index (κ1) is 22.6. The molecular formula is C24H34N2O3. The number of carbonyl (C=O) groups is 1. The number of aliphatic imine (C=N–C) groups is 2. The molecule has 29 heavy (non-hydrogen) atoms. The first-order valence-corrected chi connectivity index (χ1v) is 9.87. The fraction of sp³-hybridized carbons (Fsp3) is 0.458. The zero-order valence-electron chi connectivity index (χ0n) is 18.5. The third-order valence-electron chi connectivity index (χ3n) is 4.95. The number of nitrogens with zero attached hydrogens (tertiary/aromatic N) is 2. The van der Waals surface area contributed by atoms with Gasteiger partial charge >= 0.3 is 0 Å². The summed E-state index contributed by atoms with van der Waals surface area (Å²) in [6.45, 7) is 11.5. The number of hydrogen-bond donors (Lipinski definition) is 1. The topological polar surface area (TPSA) is 71.2 Å². The minimum absolute atomic E-state index is 0. The number of phenolic OH excluding ortho intramolecular Hbond substituents is 1. The minimum atomic E-state index is -0.741. The van der Waals surface area contributed by atoms with E-state index in [1.54, 1.807) is 32.5 Å². The van der Waals surface area contributed by atoms with Crippen molar-refractivity contribution in [2.24, 2.45) is 15.4 Å². The van der Waals surface area contributed by atoms with Gasteiger partial charge in [-0.1, -0.05) is 19.9 Å². The highest BCUT2D eigenvalue weighted by Crippen LogP contribution is 2.40. The molecule has 0 aliphatic carbocycles. The summed E-state index contributed by atoms with van der Waals surface area (Å²) >= 11 is 0. The van der Waals surface area contributed by atoms with E-state index in [0.29, 0.717) is 23.4 Å². The van der Waals surface area contributed by atoms with Crippen LogP contribution in [0.15, 0.2) is 45.5 Å². The van der Waals surface area contributed by atoms with Gasteiger partial charge in [0.25, 0.3) is 0 Å². The quantitative estimate of drug-likeness (QED) is 0.512. The van der Waals surface area contributed by atoms with Gasteiger partial charge in [-0.2, -0.15) is 0 Å². The maximum absolute atomic E-state index is 13.3. The molecule has 0 aromatic heterocycles. The van der Waals surface area contributed by atoms with Crippen LogP contribution in [0.4, 0.5) is 0 Å². The first-order chi connectivity index (χ1) is 13.5. The Kier molecular flexibility index (Phi) is 6.83. The second-order valence-corrected chi connectivity index (χ2v) is 8.71. The van der Waals surface area contributed by atoms with E-state index in [0.717, 1.165) is 17.5 Å². The van der Waals surface area contributed by atoms with Crippen LogP contribution in [0, 0.1) is 5.41 Å².